The standard InChI is InChI=1S/C8H17ClO4S/c1-8(2,3)13-5-4-12-6-7-14(9,10)11/h4-7H2,1-3H3. The van der Waals surface area contributed by atoms with Gasteiger partial charge in [-0.15, -0.1) is 0 Å². The minimum atomic E-state index is -3.43. The van der Waals surface area contributed by atoms with E-state index in [0.717, 1.165) is 0 Å². The Morgan fingerprint density at radius 3 is 2.14 bits per heavy atom. The minimum Gasteiger partial charge on any atom is -0.378 e. The van der Waals surface area contributed by atoms with E-state index in [-0.39, 0.29) is 18.0 Å². The van der Waals surface area contributed by atoms with Crippen LogP contribution in [0.1, 0.15) is 20.8 Å². The fourth-order valence-electron chi connectivity index (χ4n) is 0.667. The SMILES string of the molecule is CC(C)(C)OCCOCCS(=O)(=O)Cl. The molecule has 0 aliphatic rings. The number of ether oxygens (including phenoxy) is 2. The van der Waals surface area contributed by atoms with E-state index in [9.17, 15) is 8.42 Å². The van der Waals surface area contributed by atoms with Crippen LogP contribution in [0.4, 0.5) is 0 Å². The third kappa shape index (κ3) is 12.2. The molecule has 0 aromatic rings. The second-order valence-electron chi connectivity index (χ2n) is 3.82. The normalized spacial score (nSPS) is 13.1. The topological polar surface area (TPSA) is 52.6 Å². The zero-order valence-electron chi connectivity index (χ0n) is 8.75. The molecule has 0 rings (SSSR count). The van der Waals surface area contributed by atoms with E-state index in [2.05, 4.69) is 0 Å². The predicted molar refractivity (Wildman–Crippen MR) is 56.2 cm³/mol. The zero-order valence-corrected chi connectivity index (χ0v) is 10.3. The summed E-state index contributed by atoms with van der Waals surface area (Å²) in [5.74, 6) is -0.163. The molecule has 86 valence electrons. The first-order valence-corrected chi connectivity index (χ1v) is 6.82. The van der Waals surface area contributed by atoms with Gasteiger partial charge in [-0.3, -0.25) is 0 Å². The van der Waals surface area contributed by atoms with Crippen molar-refractivity contribution in [2.75, 3.05) is 25.6 Å². The summed E-state index contributed by atoms with van der Waals surface area (Å²) in [6.07, 6.45) is 0. The molecule has 4 nitrogen and oxygen atoms in total. The monoisotopic (exact) mass is 244 g/mol. The summed E-state index contributed by atoms with van der Waals surface area (Å²) in [7, 11) is 1.55. The highest BCUT2D eigenvalue weighted by Gasteiger charge is 2.09. The van der Waals surface area contributed by atoms with Crippen LogP contribution in [0.15, 0.2) is 0 Å². The van der Waals surface area contributed by atoms with Gasteiger partial charge in [-0.05, 0) is 20.8 Å². The van der Waals surface area contributed by atoms with E-state index in [1.54, 1.807) is 0 Å². The summed E-state index contributed by atoms with van der Waals surface area (Å²) < 4.78 is 31.3. The van der Waals surface area contributed by atoms with Crippen molar-refractivity contribution < 1.29 is 17.9 Å². The van der Waals surface area contributed by atoms with Crippen molar-refractivity contribution in [3.8, 4) is 0 Å². The van der Waals surface area contributed by atoms with Gasteiger partial charge < -0.3 is 9.47 Å². The number of rotatable bonds is 6. The molecule has 0 radical (unpaired) electrons. The van der Waals surface area contributed by atoms with Crippen molar-refractivity contribution in [1.29, 1.82) is 0 Å². The summed E-state index contributed by atoms with van der Waals surface area (Å²) in [5.41, 5.74) is -0.193. The van der Waals surface area contributed by atoms with Gasteiger partial charge in [-0.1, -0.05) is 0 Å². The first kappa shape index (κ1) is 14.2. The van der Waals surface area contributed by atoms with Crippen LogP contribution in [0.5, 0.6) is 0 Å². The predicted octanol–water partition coefficient (Wildman–Crippen LogP) is 1.39. The number of hydrogen-bond acceptors (Lipinski definition) is 4. The maximum atomic E-state index is 10.5. The first-order chi connectivity index (χ1) is 6.21. The average molecular weight is 245 g/mol. The summed E-state index contributed by atoms with van der Waals surface area (Å²) in [4.78, 5) is 0. The quantitative estimate of drug-likeness (QED) is 0.523. The molecule has 0 aliphatic heterocycles. The van der Waals surface area contributed by atoms with Crippen molar-refractivity contribution in [3.63, 3.8) is 0 Å². The number of halogens is 1. The van der Waals surface area contributed by atoms with Crippen molar-refractivity contribution >= 4 is 19.7 Å². The van der Waals surface area contributed by atoms with Crippen molar-refractivity contribution in [2.45, 2.75) is 26.4 Å². The van der Waals surface area contributed by atoms with E-state index in [1.165, 1.54) is 0 Å². The molecule has 0 unspecified atom stereocenters. The molecule has 0 aliphatic carbocycles. The Bertz CT molecular complexity index is 243. The van der Waals surface area contributed by atoms with Crippen LogP contribution in [0.25, 0.3) is 0 Å². The highest BCUT2D eigenvalue weighted by molar-refractivity contribution is 8.13. The van der Waals surface area contributed by atoms with Gasteiger partial charge in [0, 0.05) is 10.7 Å². The maximum absolute atomic E-state index is 10.5. The van der Waals surface area contributed by atoms with Gasteiger partial charge in [-0.25, -0.2) is 8.42 Å². The van der Waals surface area contributed by atoms with E-state index in [0.29, 0.717) is 13.2 Å². The van der Waals surface area contributed by atoms with Crippen LogP contribution in [0.2, 0.25) is 0 Å². The smallest absolute Gasteiger partial charge is 0.234 e. The molecule has 0 amide bonds. The lowest BCUT2D eigenvalue weighted by atomic mass is 10.2. The Morgan fingerprint density at radius 2 is 1.71 bits per heavy atom. The lowest BCUT2D eigenvalue weighted by Crippen LogP contribution is -2.22. The highest BCUT2D eigenvalue weighted by atomic mass is 35.7. The van der Waals surface area contributed by atoms with Crippen LogP contribution >= 0.6 is 10.7 Å². The van der Waals surface area contributed by atoms with Gasteiger partial charge in [0.05, 0.1) is 31.2 Å². The molecule has 0 saturated heterocycles. The Hall–Kier alpha value is 0.160. The van der Waals surface area contributed by atoms with Crippen molar-refractivity contribution in [3.05, 3.63) is 0 Å². The maximum Gasteiger partial charge on any atom is 0.234 e. The molecule has 0 spiro atoms. The molecule has 0 atom stereocenters. The molecular formula is C8H17ClO4S. The largest absolute Gasteiger partial charge is 0.378 e. The van der Waals surface area contributed by atoms with E-state index in [4.69, 9.17) is 20.2 Å². The van der Waals surface area contributed by atoms with Crippen molar-refractivity contribution in [2.24, 2.45) is 0 Å². The zero-order chi connectivity index (χ0) is 11.2. The summed E-state index contributed by atoms with van der Waals surface area (Å²) in [6, 6.07) is 0. The van der Waals surface area contributed by atoms with Gasteiger partial charge >= 0.3 is 0 Å². The van der Waals surface area contributed by atoms with Gasteiger partial charge in [0.1, 0.15) is 0 Å². The van der Waals surface area contributed by atoms with Crippen LogP contribution < -0.4 is 0 Å². The summed E-state index contributed by atoms with van der Waals surface area (Å²) in [5, 5.41) is 0. The van der Waals surface area contributed by atoms with Gasteiger partial charge in [-0.2, -0.15) is 0 Å². The Morgan fingerprint density at radius 1 is 1.14 bits per heavy atom. The summed E-state index contributed by atoms with van der Waals surface area (Å²) >= 11 is 0. The number of hydrogen-bond donors (Lipinski definition) is 0. The van der Waals surface area contributed by atoms with Gasteiger partial charge in [0.15, 0.2) is 0 Å². The van der Waals surface area contributed by atoms with Crippen LogP contribution in [-0.4, -0.2) is 39.6 Å². The second kappa shape index (κ2) is 5.90. The van der Waals surface area contributed by atoms with Crippen LogP contribution in [0, 0.1) is 0 Å². The van der Waals surface area contributed by atoms with E-state index >= 15 is 0 Å². The third-order valence-electron chi connectivity index (χ3n) is 1.23. The molecule has 0 heterocycles. The molecule has 0 aromatic heterocycles. The Balaban J connectivity index is 3.32. The molecule has 6 heteroatoms. The molecule has 0 N–H and O–H groups in total. The molecule has 0 aromatic carbocycles. The van der Waals surface area contributed by atoms with Crippen molar-refractivity contribution in [1.82, 2.24) is 0 Å². The van der Waals surface area contributed by atoms with Crippen LogP contribution in [-0.2, 0) is 18.5 Å². The molecule has 14 heavy (non-hydrogen) atoms. The van der Waals surface area contributed by atoms with Gasteiger partial charge in [0.25, 0.3) is 0 Å². The first-order valence-electron chi connectivity index (χ1n) is 4.35. The Kier molecular flexibility index (Phi) is 5.97. The molecule has 0 fully saturated rings. The average Bonchev–Trinajstić information content (AvgIpc) is 1.92. The lowest BCUT2D eigenvalue weighted by molar-refractivity contribution is -0.0329. The third-order valence-corrected chi connectivity index (χ3v) is 2.35. The Labute approximate surface area is 90.0 Å². The molecule has 0 saturated carbocycles. The highest BCUT2D eigenvalue weighted by Crippen LogP contribution is 2.05. The fourth-order valence-corrected chi connectivity index (χ4v) is 1.17. The summed E-state index contributed by atoms with van der Waals surface area (Å²) in [6.45, 7) is 6.76. The second-order valence-corrected chi connectivity index (χ2v) is 6.71. The lowest BCUT2D eigenvalue weighted by Gasteiger charge is -2.19. The molecular weight excluding hydrogens is 228 g/mol. The van der Waals surface area contributed by atoms with Gasteiger partial charge in [0.2, 0.25) is 9.05 Å². The van der Waals surface area contributed by atoms with E-state index < -0.39 is 9.05 Å². The van der Waals surface area contributed by atoms with Crippen LogP contribution in [0.3, 0.4) is 0 Å². The fraction of sp³-hybridized carbons (Fsp3) is 1.00. The molecule has 0 bridgehead atoms. The minimum absolute atomic E-state index is 0.110. The van der Waals surface area contributed by atoms with E-state index in [1.807, 2.05) is 20.8 Å².